The zero-order chi connectivity index (χ0) is 37.4. The Morgan fingerprint density at radius 2 is 1.31 bits per heavy atom. The fraction of sp³-hybridized carbons (Fsp3) is 0.333. The van der Waals surface area contributed by atoms with E-state index in [1.54, 1.807) is 5.56 Å². The number of hydrogen-bond donors (Lipinski definition) is 0. The lowest BCUT2D eigenvalue weighted by atomic mass is 9.43. The average molecular weight is 733 g/mol. The highest BCUT2D eigenvalue weighted by molar-refractivity contribution is 7.25. The Morgan fingerprint density at radius 3 is 2.13 bits per heavy atom. The topological polar surface area (TPSA) is 6.48 Å². The number of rotatable bonds is 1. The van der Waals surface area contributed by atoms with E-state index in [1.807, 2.05) is 11.3 Å². The van der Waals surface area contributed by atoms with Gasteiger partial charge in [-0.15, -0.1) is 11.3 Å². The van der Waals surface area contributed by atoms with Crippen molar-refractivity contribution in [3.8, 4) is 11.1 Å². The van der Waals surface area contributed by atoms with Crippen LogP contribution in [0.2, 0.25) is 0 Å². The molecule has 2 nitrogen and oxygen atoms in total. The Labute approximate surface area is 330 Å². The molecule has 4 heterocycles. The minimum atomic E-state index is -0.00949. The van der Waals surface area contributed by atoms with Crippen molar-refractivity contribution in [2.45, 2.75) is 109 Å². The molecular formula is C51H49BN2S. The molecule has 1 saturated carbocycles. The van der Waals surface area contributed by atoms with Gasteiger partial charge in [0.05, 0.1) is 5.54 Å². The van der Waals surface area contributed by atoms with Crippen LogP contribution in [0.3, 0.4) is 0 Å². The van der Waals surface area contributed by atoms with Gasteiger partial charge in [-0.1, -0.05) is 114 Å². The minimum absolute atomic E-state index is 0.00949. The normalized spacial score (nSPS) is 23.8. The summed E-state index contributed by atoms with van der Waals surface area (Å²) in [4.78, 5) is 5.73. The van der Waals surface area contributed by atoms with E-state index >= 15 is 0 Å². The van der Waals surface area contributed by atoms with Crippen LogP contribution >= 0.6 is 11.3 Å². The van der Waals surface area contributed by atoms with Crippen molar-refractivity contribution in [2.24, 2.45) is 0 Å². The molecular weight excluding hydrogens is 683 g/mol. The summed E-state index contributed by atoms with van der Waals surface area (Å²) >= 11 is 1.94. The number of thiophene rings is 1. The zero-order valence-electron chi connectivity index (χ0n) is 33.4. The van der Waals surface area contributed by atoms with Gasteiger partial charge in [-0.3, -0.25) is 0 Å². The van der Waals surface area contributed by atoms with Crippen molar-refractivity contribution < 1.29 is 0 Å². The molecule has 6 aromatic carbocycles. The lowest BCUT2D eigenvalue weighted by Gasteiger charge is -2.53. The van der Waals surface area contributed by atoms with E-state index in [1.165, 1.54) is 131 Å². The lowest BCUT2D eigenvalue weighted by molar-refractivity contribution is 0.195. The van der Waals surface area contributed by atoms with E-state index in [4.69, 9.17) is 0 Å². The van der Waals surface area contributed by atoms with E-state index in [-0.39, 0.29) is 28.6 Å². The second-order valence-electron chi connectivity index (χ2n) is 19.5. The molecule has 272 valence electrons. The summed E-state index contributed by atoms with van der Waals surface area (Å²) < 4.78 is 2.73. The van der Waals surface area contributed by atoms with Crippen LogP contribution in [0.1, 0.15) is 102 Å². The summed E-state index contributed by atoms with van der Waals surface area (Å²) in [5.41, 5.74) is 17.7. The summed E-state index contributed by atoms with van der Waals surface area (Å²) in [6.45, 7) is 17.5. The van der Waals surface area contributed by atoms with Crippen molar-refractivity contribution in [3.63, 3.8) is 0 Å². The summed E-state index contributed by atoms with van der Waals surface area (Å²) in [5, 5.41) is 5.46. The maximum Gasteiger partial charge on any atom is 0.333 e. The number of anilines is 4. The minimum Gasteiger partial charge on any atom is -0.376 e. The Bertz CT molecular complexity index is 2860. The number of fused-ring (bicyclic) bond motifs is 13. The van der Waals surface area contributed by atoms with Crippen LogP contribution in [0.25, 0.3) is 42.1 Å². The van der Waals surface area contributed by atoms with Crippen molar-refractivity contribution in [1.82, 2.24) is 0 Å². The molecule has 0 N–H and O–H groups in total. The molecule has 7 aromatic rings. The molecule has 0 radical (unpaired) electrons. The van der Waals surface area contributed by atoms with Gasteiger partial charge in [0, 0.05) is 59.3 Å². The van der Waals surface area contributed by atoms with Crippen LogP contribution in [-0.4, -0.2) is 12.4 Å². The van der Waals surface area contributed by atoms with E-state index in [0.717, 1.165) is 0 Å². The molecule has 0 amide bonds. The van der Waals surface area contributed by atoms with Gasteiger partial charge >= 0.3 is 6.85 Å². The summed E-state index contributed by atoms with van der Waals surface area (Å²) in [7, 11) is 0. The molecule has 5 aliphatic rings. The Hall–Kier alpha value is -4.54. The zero-order valence-corrected chi connectivity index (χ0v) is 34.2. The first-order chi connectivity index (χ1) is 26.4. The van der Waals surface area contributed by atoms with Gasteiger partial charge in [0.15, 0.2) is 0 Å². The third-order valence-corrected chi connectivity index (χ3v) is 16.9. The molecule has 2 aliphatic carbocycles. The number of aryl methyl sites for hydroxylation is 1. The van der Waals surface area contributed by atoms with Gasteiger partial charge in [-0.25, -0.2) is 0 Å². The third-order valence-electron chi connectivity index (χ3n) is 15.7. The summed E-state index contributed by atoms with van der Waals surface area (Å²) in [6, 6.07) is 38.6. The van der Waals surface area contributed by atoms with Crippen molar-refractivity contribution in [2.75, 3.05) is 9.71 Å². The van der Waals surface area contributed by atoms with E-state index < -0.39 is 0 Å². The van der Waals surface area contributed by atoms with Crippen molar-refractivity contribution in [1.29, 1.82) is 0 Å². The second kappa shape index (κ2) is 10.4. The SMILES string of the molecule is Cc1cc2c(cc1N1B3c4cccc5c4N(c4c3c(cc3ccccc43)-c3cc4sc6ccccc6c4cc31)C1(C)CCCCC51C)C(C)(C)CCC2(C)C. The quantitative estimate of drug-likeness (QED) is 0.155. The van der Waals surface area contributed by atoms with Gasteiger partial charge in [0.25, 0.3) is 0 Å². The highest BCUT2D eigenvalue weighted by Crippen LogP contribution is 2.63. The maximum atomic E-state index is 2.90. The highest BCUT2D eigenvalue weighted by atomic mass is 32.1. The molecule has 0 bridgehead atoms. The van der Waals surface area contributed by atoms with Gasteiger partial charge in [-0.05, 0) is 125 Å². The van der Waals surface area contributed by atoms with Crippen LogP contribution in [0.15, 0.2) is 97.1 Å². The molecule has 0 spiro atoms. The Balaban J connectivity index is 1.26. The number of para-hydroxylation sites is 1. The van der Waals surface area contributed by atoms with E-state index in [2.05, 4.69) is 155 Å². The van der Waals surface area contributed by atoms with Crippen LogP contribution < -0.4 is 20.6 Å². The molecule has 3 aliphatic heterocycles. The predicted molar refractivity (Wildman–Crippen MR) is 239 cm³/mol. The van der Waals surface area contributed by atoms with Gasteiger partial charge < -0.3 is 9.71 Å². The summed E-state index contributed by atoms with van der Waals surface area (Å²) in [6.07, 6.45) is 7.44. The first-order valence-electron chi connectivity index (χ1n) is 20.8. The smallest absolute Gasteiger partial charge is 0.333 e. The van der Waals surface area contributed by atoms with E-state index in [9.17, 15) is 0 Å². The van der Waals surface area contributed by atoms with E-state index in [0.29, 0.717) is 0 Å². The fourth-order valence-corrected chi connectivity index (χ4v) is 13.5. The number of nitrogens with zero attached hydrogens (tertiary/aromatic N) is 2. The molecule has 0 saturated heterocycles. The van der Waals surface area contributed by atoms with Crippen LogP contribution in [0.5, 0.6) is 0 Å². The molecule has 55 heavy (non-hydrogen) atoms. The highest BCUT2D eigenvalue weighted by Gasteiger charge is 2.62. The van der Waals surface area contributed by atoms with Gasteiger partial charge in [-0.2, -0.15) is 0 Å². The first kappa shape index (κ1) is 32.7. The number of benzene rings is 6. The number of hydrogen-bond acceptors (Lipinski definition) is 3. The van der Waals surface area contributed by atoms with Crippen LogP contribution in [-0.2, 0) is 16.2 Å². The molecule has 12 rings (SSSR count). The van der Waals surface area contributed by atoms with Gasteiger partial charge in [0.2, 0.25) is 0 Å². The molecule has 1 aromatic heterocycles. The van der Waals surface area contributed by atoms with Crippen molar-refractivity contribution >= 4 is 82.8 Å². The molecule has 2 atom stereocenters. The summed E-state index contributed by atoms with van der Waals surface area (Å²) in [5.74, 6) is 0. The molecule has 2 unspecified atom stereocenters. The monoisotopic (exact) mass is 732 g/mol. The first-order valence-corrected chi connectivity index (χ1v) is 21.6. The second-order valence-corrected chi connectivity index (χ2v) is 20.6. The maximum absolute atomic E-state index is 2.90. The third kappa shape index (κ3) is 3.93. The fourth-order valence-electron chi connectivity index (χ4n) is 12.4. The van der Waals surface area contributed by atoms with Gasteiger partial charge in [0.1, 0.15) is 0 Å². The molecule has 4 heteroatoms. The van der Waals surface area contributed by atoms with Crippen LogP contribution in [0.4, 0.5) is 22.7 Å². The van der Waals surface area contributed by atoms with Crippen LogP contribution in [0, 0.1) is 6.92 Å². The lowest BCUT2D eigenvalue weighted by Crippen LogP contribution is -2.64. The Morgan fingerprint density at radius 1 is 0.582 bits per heavy atom. The average Bonchev–Trinajstić information content (AvgIpc) is 3.64. The Kier molecular flexibility index (Phi) is 6.21. The standard InChI is InChI=1S/C51H49BN2S/c1-30-25-38-39(49(4,5)24-23-48(38,2)3)29-41(30)54-42-27-35-33-17-10-11-20-43(33)55-44(35)28-34(42)36-26-31-15-8-9-16-32(31)46-45(36)52(54)40-19-14-18-37-47(40)53(46)51(7)22-13-12-21-50(37,51)6/h8-11,14-20,25-29H,12-13,21-24H2,1-7H3. The van der Waals surface area contributed by atoms with Crippen molar-refractivity contribution in [3.05, 3.63) is 119 Å². The predicted octanol–water partition coefficient (Wildman–Crippen LogP) is 12.8. The molecule has 1 fully saturated rings. The largest absolute Gasteiger partial charge is 0.376 e.